The number of benzene rings is 1. The van der Waals surface area contributed by atoms with Crippen molar-refractivity contribution in [2.24, 2.45) is 7.05 Å². The van der Waals surface area contributed by atoms with Gasteiger partial charge in [0.05, 0.1) is 17.1 Å². The van der Waals surface area contributed by atoms with E-state index in [9.17, 15) is 14.0 Å². The Bertz CT molecular complexity index is 1080. The first-order chi connectivity index (χ1) is 14.9. The third-order valence-corrected chi connectivity index (χ3v) is 6.47. The first kappa shape index (κ1) is 21.2. The zero-order valence-corrected chi connectivity index (χ0v) is 18.3. The zero-order chi connectivity index (χ0) is 22.0. The second-order valence-electron chi connectivity index (χ2n) is 7.78. The summed E-state index contributed by atoms with van der Waals surface area (Å²) in [5.41, 5.74) is 2.04. The van der Waals surface area contributed by atoms with Crippen molar-refractivity contribution >= 4 is 29.0 Å². The quantitative estimate of drug-likeness (QED) is 0.657. The Balaban J connectivity index is 1.31. The van der Waals surface area contributed by atoms with Crippen LogP contribution in [0.1, 0.15) is 45.5 Å². The maximum Gasteiger partial charge on any atom is 0.276 e. The van der Waals surface area contributed by atoms with Gasteiger partial charge in [-0.15, -0.1) is 11.3 Å². The molecule has 0 aliphatic carbocycles. The summed E-state index contributed by atoms with van der Waals surface area (Å²) < 4.78 is 14.7. The predicted octanol–water partition coefficient (Wildman–Crippen LogP) is 3.53. The number of rotatable bonds is 5. The van der Waals surface area contributed by atoms with Gasteiger partial charge in [0.15, 0.2) is 0 Å². The zero-order valence-electron chi connectivity index (χ0n) is 17.5. The van der Waals surface area contributed by atoms with Gasteiger partial charge in [0.2, 0.25) is 5.91 Å². The number of thiazole rings is 1. The molecule has 0 saturated carbocycles. The van der Waals surface area contributed by atoms with Gasteiger partial charge >= 0.3 is 0 Å². The van der Waals surface area contributed by atoms with E-state index in [1.165, 1.54) is 23.5 Å². The average Bonchev–Trinajstić information content (AvgIpc) is 3.36. The smallest absolute Gasteiger partial charge is 0.276 e. The fourth-order valence-electron chi connectivity index (χ4n) is 3.75. The number of carbonyl (C=O) groups excluding carboxylic acids is 2. The number of aromatic nitrogens is 3. The van der Waals surface area contributed by atoms with Crippen molar-refractivity contribution in [3.05, 3.63) is 63.5 Å². The van der Waals surface area contributed by atoms with Gasteiger partial charge in [-0.1, -0.05) is 12.1 Å². The number of carbonyl (C=O) groups is 2. The summed E-state index contributed by atoms with van der Waals surface area (Å²) in [7, 11) is 1.78. The van der Waals surface area contributed by atoms with Crippen molar-refractivity contribution in [2.45, 2.75) is 32.1 Å². The highest BCUT2D eigenvalue weighted by Gasteiger charge is 2.26. The molecule has 1 aromatic carbocycles. The summed E-state index contributed by atoms with van der Waals surface area (Å²) in [4.78, 5) is 31.5. The van der Waals surface area contributed by atoms with Gasteiger partial charge in [-0.25, -0.2) is 9.37 Å². The lowest BCUT2D eigenvalue weighted by Crippen LogP contribution is -2.38. The maximum absolute atomic E-state index is 13.0. The first-order valence-corrected chi connectivity index (χ1v) is 11.1. The van der Waals surface area contributed by atoms with Crippen LogP contribution in [0.2, 0.25) is 0 Å². The van der Waals surface area contributed by atoms with Gasteiger partial charge in [0.1, 0.15) is 17.3 Å². The van der Waals surface area contributed by atoms with Crippen LogP contribution in [0.15, 0.2) is 35.7 Å². The van der Waals surface area contributed by atoms with Crippen molar-refractivity contribution < 1.29 is 14.0 Å². The molecule has 0 radical (unpaired) electrons. The normalized spacial score (nSPS) is 14.6. The van der Waals surface area contributed by atoms with E-state index < -0.39 is 0 Å². The van der Waals surface area contributed by atoms with Crippen LogP contribution in [0.3, 0.4) is 0 Å². The molecular weight excluding hydrogens is 417 g/mol. The van der Waals surface area contributed by atoms with Gasteiger partial charge in [-0.2, -0.15) is 5.10 Å². The number of aryl methyl sites for hydroxylation is 2. The molecule has 4 rings (SSSR count). The summed E-state index contributed by atoms with van der Waals surface area (Å²) in [6.07, 6.45) is 1.90. The summed E-state index contributed by atoms with van der Waals surface area (Å²) in [5, 5.41) is 9.77. The van der Waals surface area contributed by atoms with Crippen LogP contribution < -0.4 is 5.32 Å². The van der Waals surface area contributed by atoms with Crippen LogP contribution >= 0.6 is 11.3 Å². The molecule has 0 spiro atoms. The molecule has 3 aromatic rings. The molecule has 1 N–H and O–H groups in total. The van der Waals surface area contributed by atoms with E-state index in [0.717, 1.165) is 29.1 Å². The number of nitrogens with one attached hydrogen (secondary N) is 1. The third kappa shape index (κ3) is 4.99. The van der Waals surface area contributed by atoms with Gasteiger partial charge in [-0.3, -0.25) is 14.3 Å². The number of hydrogen-bond donors (Lipinski definition) is 1. The molecule has 1 fully saturated rings. The first-order valence-electron chi connectivity index (χ1n) is 10.2. The molecule has 31 heavy (non-hydrogen) atoms. The molecule has 9 heteroatoms. The van der Waals surface area contributed by atoms with Gasteiger partial charge in [-0.05, 0) is 37.5 Å². The molecule has 0 bridgehead atoms. The van der Waals surface area contributed by atoms with Gasteiger partial charge in [0.25, 0.3) is 5.91 Å². The Morgan fingerprint density at radius 3 is 2.58 bits per heavy atom. The minimum absolute atomic E-state index is 0.0516. The van der Waals surface area contributed by atoms with Gasteiger partial charge < -0.3 is 10.2 Å². The molecule has 0 unspecified atom stereocenters. The Labute approximate surface area is 183 Å². The molecule has 7 nitrogen and oxygen atoms in total. The lowest BCUT2D eigenvalue weighted by molar-refractivity contribution is -0.131. The predicted molar refractivity (Wildman–Crippen MR) is 117 cm³/mol. The van der Waals surface area contributed by atoms with Crippen molar-refractivity contribution in [1.29, 1.82) is 0 Å². The SMILES string of the molecule is Cc1cc(NC(=O)c2csc(C3CCN(C(=O)Cc4ccc(F)cc4)CC3)n2)n(C)n1. The van der Waals surface area contributed by atoms with E-state index in [4.69, 9.17) is 0 Å². The fourth-order valence-corrected chi connectivity index (χ4v) is 4.72. The molecule has 1 aliphatic rings. The average molecular weight is 442 g/mol. The summed E-state index contributed by atoms with van der Waals surface area (Å²) in [5.74, 6) is 0.363. The van der Waals surface area contributed by atoms with E-state index in [1.807, 2.05) is 17.9 Å². The lowest BCUT2D eigenvalue weighted by Gasteiger charge is -2.31. The second-order valence-corrected chi connectivity index (χ2v) is 8.67. The summed E-state index contributed by atoms with van der Waals surface area (Å²) in [6.45, 7) is 3.17. The van der Waals surface area contributed by atoms with Crippen LogP contribution in [0, 0.1) is 12.7 Å². The van der Waals surface area contributed by atoms with Crippen molar-refractivity contribution in [2.75, 3.05) is 18.4 Å². The highest BCUT2D eigenvalue weighted by Crippen LogP contribution is 2.30. The molecule has 0 atom stereocenters. The van der Waals surface area contributed by atoms with Crippen molar-refractivity contribution in [3.8, 4) is 0 Å². The molecule has 2 aromatic heterocycles. The molecule has 162 valence electrons. The van der Waals surface area contributed by atoms with E-state index >= 15 is 0 Å². The highest BCUT2D eigenvalue weighted by atomic mass is 32.1. The second kappa shape index (κ2) is 8.97. The minimum Gasteiger partial charge on any atom is -0.342 e. The molecule has 1 saturated heterocycles. The topological polar surface area (TPSA) is 80.1 Å². The van der Waals surface area contributed by atoms with E-state index in [0.29, 0.717) is 24.6 Å². The number of halogens is 1. The van der Waals surface area contributed by atoms with Crippen LogP contribution in [-0.4, -0.2) is 44.6 Å². The van der Waals surface area contributed by atoms with Crippen LogP contribution in [0.4, 0.5) is 10.2 Å². The summed E-state index contributed by atoms with van der Waals surface area (Å²) in [6, 6.07) is 7.86. The van der Waals surface area contributed by atoms with Gasteiger partial charge in [0, 0.05) is 37.5 Å². The Kier molecular flexibility index (Phi) is 6.13. The Morgan fingerprint density at radius 2 is 1.94 bits per heavy atom. The molecule has 2 amide bonds. The monoisotopic (exact) mass is 441 g/mol. The van der Waals surface area contributed by atoms with Crippen LogP contribution in [-0.2, 0) is 18.3 Å². The Morgan fingerprint density at radius 1 is 1.23 bits per heavy atom. The number of anilines is 1. The van der Waals surface area contributed by atoms with Crippen LogP contribution in [0.25, 0.3) is 0 Å². The van der Waals surface area contributed by atoms with Crippen LogP contribution in [0.5, 0.6) is 0 Å². The number of piperidine rings is 1. The number of amides is 2. The largest absolute Gasteiger partial charge is 0.342 e. The number of hydrogen-bond acceptors (Lipinski definition) is 5. The lowest BCUT2D eigenvalue weighted by atomic mass is 9.97. The number of nitrogens with zero attached hydrogens (tertiary/aromatic N) is 4. The fraction of sp³-hybridized carbons (Fsp3) is 0.364. The molecule has 1 aliphatic heterocycles. The third-order valence-electron chi connectivity index (χ3n) is 5.46. The number of likely N-dealkylation sites (tertiary alicyclic amines) is 1. The summed E-state index contributed by atoms with van der Waals surface area (Å²) >= 11 is 1.48. The Hall–Kier alpha value is -3.07. The standard InChI is InChI=1S/C22H24FN5O2S/c1-14-11-19(27(2)26-14)25-21(30)18-13-31-22(24-18)16-7-9-28(10-8-16)20(29)12-15-3-5-17(23)6-4-15/h3-6,11,13,16H,7-10,12H2,1-2H3,(H,25,30). The van der Waals surface area contributed by atoms with Crippen molar-refractivity contribution in [3.63, 3.8) is 0 Å². The molecular formula is C22H24FN5O2S. The van der Waals surface area contributed by atoms with E-state index in [-0.39, 0.29) is 30.0 Å². The van der Waals surface area contributed by atoms with E-state index in [2.05, 4.69) is 15.4 Å². The minimum atomic E-state index is -0.302. The maximum atomic E-state index is 13.0. The van der Waals surface area contributed by atoms with Crippen molar-refractivity contribution in [1.82, 2.24) is 19.7 Å². The highest BCUT2D eigenvalue weighted by molar-refractivity contribution is 7.10. The molecule has 3 heterocycles. The van der Waals surface area contributed by atoms with E-state index in [1.54, 1.807) is 29.2 Å².